The Balaban J connectivity index is 2.32. The number of carboxylic acids is 1. The molecule has 102 valence electrons. The van der Waals surface area contributed by atoms with Crippen molar-refractivity contribution in [2.75, 3.05) is 0 Å². The molecule has 1 N–H and O–H groups in total. The minimum Gasteiger partial charge on any atom is -0.478 e. The number of carboxylic acid groups (broad SMARTS) is 1. The summed E-state index contributed by atoms with van der Waals surface area (Å²) in [6, 6.07) is 0. The summed E-state index contributed by atoms with van der Waals surface area (Å²) in [5, 5.41) is 18.3. The first-order valence-electron chi connectivity index (χ1n) is 5.93. The molecule has 0 atom stereocenters. The van der Waals surface area contributed by atoms with Crippen molar-refractivity contribution in [3.63, 3.8) is 0 Å². The molecule has 0 aliphatic heterocycles. The maximum absolute atomic E-state index is 11.3. The molecule has 8 nitrogen and oxygen atoms in total. The van der Waals surface area contributed by atoms with E-state index >= 15 is 0 Å². The third-order valence-corrected chi connectivity index (χ3v) is 3.21. The van der Waals surface area contributed by atoms with Gasteiger partial charge in [-0.1, -0.05) is 0 Å². The molecular weight excluding hydrogens is 260 g/mol. The van der Waals surface area contributed by atoms with Crippen LogP contribution in [0.15, 0.2) is 12.5 Å². The molecule has 0 aromatic carbocycles. The van der Waals surface area contributed by atoms with Crippen LogP contribution in [0, 0.1) is 13.8 Å². The summed E-state index contributed by atoms with van der Waals surface area (Å²) in [4.78, 5) is 19.6. The molecular formula is C12H12N6O2. The van der Waals surface area contributed by atoms with Gasteiger partial charge in [0, 0.05) is 7.05 Å². The molecule has 0 fully saturated rings. The summed E-state index contributed by atoms with van der Waals surface area (Å²) < 4.78 is 3.15. The van der Waals surface area contributed by atoms with Crippen molar-refractivity contribution < 1.29 is 9.90 Å². The van der Waals surface area contributed by atoms with E-state index < -0.39 is 5.97 Å². The molecule has 0 amide bonds. The first kappa shape index (κ1) is 12.3. The van der Waals surface area contributed by atoms with Crippen LogP contribution in [0.25, 0.3) is 16.9 Å². The van der Waals surface area contributed by atoms with Crippen molar-refractivity contribution in [3.8, 4) is 5.82 Å². The SMILES string of the molecule is Cc1nn(-c2ncnc3c2cnn3C)c(C)c1C(=O)O. The standard InChI is InChI=1S/C12H12N6O2/c1-6-9(12(19)20)7(2)18(16-6)11-8-4-15-17(3)10(8)13-5-14-11/h4-5H,1-3H3,(H,19,20). The highest BCUT2D eigenvalue weighted by Crippen LogP contribution is 2.21. The number of aromatic carboxylic acids is 1. The van der Waals surface area contributed by atoms with Crippen LogP contribution in [-0.2, 0) is 7.05 Å². The lowest BCUT2D eigenvalue weighted by Crippen LogP contribution is -2.05. The normalized spacial score (nSPS) is 11.2. The Bertz CT molecular complexity index is 832. The molecule has 0 bridgehead atoms. The Labute approximate surface area is 113 Å². The minimum absolute atomic E-state index is 0.195. The highest BCUT2D eigenvalue weighted by Gasteiger charge is 2.21. The van der Waals surface area contributed by atoms with Gasteiger partial charge in [-0.05, 0) is 13.8 Å². The van der Waals surface area contributed by atoms with Crippen molar-refractivity contribution in [2.24, 2.45) is 7.05 Å². The quantitative estimate of drug-likeness (QED) is 0.743. The van der Waals surface area contributed by atoms with Crippen LogP contribution >= 0.6 is 0 Å². The van der Waals surface area contributed by atoms with Gasteiger partial charge in [-0.15, -0.1) is 0 Å². The second-order valence-corrected chi connectivity index (χ2v) is 4.47. The van der Waals surface area contributed by atoms with E-state index in [1.807, 2.05) is 0 Å². The maximum atomic E-state index is 11.3. The predicted octanol–water partition coefficient (Wildman–Crippen LogP) is 0.864. The number of rotatable bonds is 2. The first-order valence-corrected chi connectivity index (χ1v) is 5.93. The zero-order valence-corrected chi connectivity index (χ0v) is 11.2. The first-order chi connectivity index (χ1) is 9.50. The number of fused-ring (bicyclic) bond motifs is 1. The summed E-state index contributed by atoms with van der Waals surface area (Å²) in [6.07, 6.45) is 3.05. The van der Waals surface area contributed by atoms with Crippen LogP contribution in [0.5, 0.6) is 0 Å². The van der Waals surface area contributed by atoms with Crippen molar-refractivity contribution >= 4 is 17.0 Å². The van der Waals surface area contributed by atoms with E-state index in [4.69, 9.17) is 0 Å². The predicted molar refractivity (Wildman–Crippen MR) is 69.9 cm³/mol. The van der Waals surface area contributed by atoms with Gasteiger partial charge in [0.05, 0.1) is 23.0 Å². The van der Waals surface area contributed by atoms with Crippen molar-refractivity contribution in [2.45, 2.75) is 13.8 Å². The van der Waals surface area contributed by atoms with Crippen LogP contribution in [0.3, 0.4) is 0 Å². The molecule has 20 heavy (non-hydrogen) atoms. The number of nitrogens with zero attached hydrogens (tertiary/aromatic N) is 6. The van der Waals surface area contributed by atoms with E-state index in [9.17, 15) is 9.90 Å². The number of hydrogen-bond donors (Lipinski definition) is 1. The van der Waals surface area contributed by atoms with Gasteiger partial charge in [0.25, 0.3) is 0 Å². The minimum atomic E-state index is -0.997. The highest BCUT2D eigenvalue weighted by molar-refractivity contribution is 5.91. The lowest BCUT2D eigenvalue weighted by molar-refractivity contribution is 0.0695. The van der Waals surface area contributed by atoms with Gasteiger partial charge < -0.3 is 5.11 Å². The Morgan fingerprint density at radius 2 is 2.05 bits per heavy atom. The molecule has 0 spiro atoms. The summed E-state index contributed by atoms with van der Waals surface area (Å²) in [5.74, 6) is -0.473. The van der Waals surface area contributed by atoms with Crippen molar-refractivity contribution in [3.05, 3.63) is 29.5 Å². The number of aromatic nitrogens is 6. The van der Waals surface area contributed by atoms with E-state index in [0.717, 1.165) is 5.39 Å². The van der Waals surface area contributed by atoms with Gasteiger partial charge in [0.1, 0.15) is 11.9 Å². The Morgan fingerprint density at radius 1 is 1.30 bits per heavy atom. The van der Waals surface area contributed by atoms with Gasteiger partial charge in [-0.2, -0.15) is 10.2 Å². The lowest BCUT2D eigenvalue weighted by Gasteiger charge is -2.04. The van der Waals surface area contributed by atoms with Gasteiger partial charge in [0.2, 0.25) is 0 Å². The Hall–Kier alpha value is -2.77. The van der Waals surface area contributed by atoms with Crippen molar-refractivity contribution in [1.82, 2.24) is 29.5 Å². The fourth-order valence-corrected chi connectivity index (χ4v) is 2.28. The molecule has 0 aliphatic rings. The van der Waals surface area contributed by atoms with E-state index in [2.05, 4.69) is 20.2 Å². The molecule has 0 saturated carbocycles. The average molecular weight is 272 g/mol. The third kappa shape index (κ3) is 1.58. The van der Waals surface area contributed by atoms with Gasteiger partial charge in [-0.25, -0.2) is 19.4 Å². The van der Waals surface area contributed by atoms with E-state index in [1.54, 1.807) is 31.8 Å². The smallest absolute Gasteiger partial charge is 0.339 e. The molecule has 3 aromatic heterocycles. The van der Waals surface area contributed by atoms with E-state index in [0.29, 0.717) is 22.9 Å². The molecule has 8 heteroatoms. The second-order valence-electron chi connectivity index (χ2n) is 4.47. The lowest BCUT2D eigenvalue weighted by atomic mass is 10.2. The Kier molecular flexibility index (Phi) is 2.53. The largest absolute Gasteiger partial charge is 0.478 e. The van der Waals surface area contributed by atoms with Crippen molar-refractivity contribution in [1.29, 1.82) is 0 Å². The summed E-state index contributed by atoms with van der Waals surface area (Å²) in [5.41, 5.74) is 1.84. The van der Waals surface area contributed by atoms with E-state index in [1.165, 1.54) is 11.0 Å². The summed E-state index contributed by atoms with van der Waals surface area (Å²) >= 11 is 0. The van der Waals surface area contributed by atoms with Crippen LogP contribution < -0.4 is 0 Å². The molecule has 3 heterocycles. The summed E-state index contributed by atoms with van der Waals surface area (Å²) in [6.45, 7) is 3.36. The number of carbonyl (C=O) groups is 1. The summed E-state index contributed by atoms with van der Waals surface area (Å²) in [7, 11) is 1.78. The number of hydrogen-bond acceptors (Lipinski definition) is 5. The second kappa shape index (κ2) is 4.12. The molecule has 0 unspecified atom stereocenters. The fraction of sp³-hybridized carbons (Fsp3) is 0.250. The molecule has 0 saturated heterocycles. The molecule has 0 aliphatic carbocycles. The molecule has 3 aromatic rings. The zero-order chi connectivity index (χ0) is 14.4. The highest BCUT2D eigenvalue weighted by atomic mass is 16.4. The van der Waals surface area contributed by atoms with Crippen LogP contribution in [-0.4, -0.2) is 40.6 Å². The van der Waals surface area contributed by atoms with Crippen LogP contribution in [0.1, 0.15) is 21.7 Å². The van der Waals surface area contributed by atoms with Gasteiger partial charge in [0.15, 0.2) is 11.5 Å². The Morgan fingerprint density at radius 3 is 2.70 bits per heavy atom. The van der Waals surface area contributed by atoms with Gasteiger partial charge in [-0.3, -0.25) is 4.68 Å². The van der Waals surface area contributed by atoms with Crippen LogP contribution in [0.4, 0.5) is 0 Å². The van der Waals surface area contributed by atoms with E-state index in [-0.39, 0.29) is 5.56 Å². The molecule has 0 radical (unpaired) electrons. The maximum Gasteiger partial charge on any atom is 0.339 e. The molecule has 3 rings (SSSR count). The monoisotopic (exact) mass is 272 g/mol. The van der Waals surface area contributed by atoms with Crippen LogP contribution in [0.2, 0.25) is 0 Å². The topological polar surface area (TPSA) is 98.7 Å². The number of aryl methyl sites for hydroxylation is 2. The zero-order valence-electron chi connectivity index (χ0n) is 11.2. The average Bonchev–Trinajstić information content (AvgIpc) is 2.91. The van der Waals surface area contributed by atoms with Gasteiger partial charge >= 0.3 is 5.97 Å². The fourth-order valence-electron chi connectivity index (χ4n) is 2.28. The third-order valence-electron chi connectivity index (χ3n) is 3.21.